The maximum atomic E-state index is 12.0. The average Bonchev–Trinajstić information content (AvgIpc) is 3.14. The second kappa shape index (κ2) is 6.79. The van der Waals surface area contributed by atoms with Crippen LogP contribution >= 0.6 is 11.3 Å². The molecule has 1 fully saturated rings. The average molecular weight is 326 g/mol. The van der Waals surface area contributed by atoms with Gasteiger partial charge in [-0.3, -0.25) is 9.59 Å². The molecule has 5 heteroatoms. The molecule has 1 aromatic heterocycles. The Bertz CT molecular complexity index is 764. The number of carbonyl (C=O) groups is 2. The minimum absolute atomic E-state index is 0.140. The van der Waals surface area contributed by atoms with E-state index in [0.717, 1.165) is 29.1 Å². The highest BCUT2D eigenvalue weighted by molar-refractivity contribution is 7.11. The number of nitrogens with zero attached hydrogens (tertiary/aromatic N) is 1. The van der Waals surface area contributed by atoms with E-state index in [1.165, 1.54) is 6.08 Å². The minimum Gasteiger partial charge on any atom is -0.322 e. The number of amides is 2. The van der Waals surface area contributed by atoms with Gasteiger partial charge in [0.05, 0.1) is 0 Å². The summed E-state index contributed by atoms with van der Waals surface area (Å²) in [6.07, 6.45) is 4.84. The monoisotopic (exact) mass is 326 g/mol. The number of benzene rings is 1. The highest BCUT2D eigenvalue weighted by Gasteiger charge is 2.21. The molecule has 1 saturated heterocycles. The van der Waals surface area contributed by atoms with Crippen LogP contribution in [0.25, 0.3) is 6.08 Å². The first-order chi connectivity index (χ1) is 11.1. The molecular weight excluding hydrogens is 308 g/mol. The Kier molecular flexibility index (Phi) is 4.57. The molecule has 1 N–H and O–H groups in total. The van der Waals surface area contributed by atoms with Crippen LogP contribution in [0.1, 0.15) is 23.3 Å². The van der Waals surface area contributed by atoms with E-state index in [9.17, 15) is 9.59 Å². The lowest BCUT2D eigenvalue weighted by Crippen LogP contribution is -2.23. The number of rotatable bonds is 4. The minimum atomic E-state index is -0.178. The van der Waals surface area contributed by atoms with Gasteiger partial charge in [0.1, 0.15) is 0 Å². The third kappa shape index (κ3) is 3.68. The Morgan fingerprint density at radius 1 is 1.35 bits per heavy atom. The van der Waals surface area contributed by atoms with E-state index in [4.69, 9.17) is 0 Å². The summed E-state index contributed by atoms with van der Waals surface area (Å²) >= 11 is 1.61. The lowest BCUT2D eigenvalue weighted by molar-refractivity contribution is -0.117. The molecule has 0 atom stereocenters. The zero-order chi connectivity index (χ0) is 16.2. The fourth-order valence-electron chi connectivity index (χ4n) is 2.56. The molecule has 4 nitrogen and oxygen atoms in total. The standard InChI is InChI=1S/C18H18N2O2S/c1-13-9-11-23-16(13)7-8-17(21)19-14-4-2-5-15(12-14)20-10-3-6-18(20)22/h2,4-5,7-9,11-12H,3,6,10H2,1H3,(H,19,21)/b8-7+. The summed E-state index contributed by atoms with van der Waals surface area (Å²) in [4.78, 5) is 26.7. The second-order valence-corrected chi connectivity index (χ2v) is 6.44. The molecule has 1 aliphatic heterocycles. The maximum Gasteiger partial charge on any atom is 0.248 e. The Morgan fingerprint density at radius 3 is 2.91 bits per heavy atom. The Balaban J connectivity index is 1.68. The fraction of sp³-hybridized carbons (Fsp3) is 0.222. The van der Waals surface area contributed by atoms with Gasteiger partial charge in [0.25, 0.3) is 0 Å². The third-order valence-electron chi connectivity index (χ3n) is 3.79. The van der Waals surface area contributed by atoms with Crippen molar-refractivity contribution in [3.8, 4) is 0 Å². The van der Waals surface area contributed by atoms with Gasteiger partial charge in [-0.15, -0.1) is 11.3 Å². The summed E-state index contributed by atoms with van der Waals surface area (Å²) in [7, 11) is 0. The van der Waals surface area contributed by atoms with Gasteiger partial charge in [-0.2, -0.15) is 0 Å². The number of nitrogens with one attached hydrogen (secondary N) is 1. The summed E-state index contributed by atoms with van der Waals surface area (Å²) in [5, 5.41) is 4.85. The van der Waals surface area contributed by atoms with Crippen molar-refractivity contribution < 1.29 is 9.59 Å². The summed E-state index contributed by atoms with van der Waals surface area (Å²) < 4.78 is 0. The van der Waals surface area contributed by atoms with Crippen LogP contribution < -0.4 is 10.2 Å². The molecule has 3 rings (SSSR count). The third-order valence-corrected chi connectivity index (χ3v) is 4.77. The van der Waals surface area contributed by atoms with Crippen molar-refractivity contribution in [1.82, 2.24) is 0 Å². The maximum absolute atomic E-state index is 12.0. The zero-order valence-electron chi connectivity index (χ0n) is 12.9. The molecule has 1 aromatic carbocycles. The van der Waals surface area contributed by atoms with Crippen molar-refractivity contribution >= 4 is 40.6 Å². The van der Waals surface area contributed by atoms with Gasteiger partial charge in [0.15, 0.2) is 0 Å². The molecule has 1 aliphatic rings. The molecule has 0 radical (unpaired) electrons. The van der Waals surface area contributed by atoms with E-state index < -0.39 is 0 Å². The molecule has 23 heavy (non-hydrogen) atoms. The number of thiophene rings is 1. The quantitative estimate of drug-likeness (QED) is 0.868. The highest BCUT2D eigenvalue weighted by Crippen LogP contribution is 2.24. The highest BCUT2D eigenvalue weighted by atomic mass is 32.1. The second-order valence-electron chi connectivity index (χ2n) is 5.49. The van der Waals surface area contributed by atoms with Crippen LogP contribution in [-0.4, -0.2) is 18.4 Å². The van der Waals surface area contributed by atoms with Crippen LogP contribution in [0.5, 0.6) is 0 Å². The van der Waals surface area contributed by atoms with Gasteiger partial charge in [-0.05, 0) is 54.6 Å². The molecule has 0 spiro atoms. The van der Waals surface area contributed by atoms with Crippen molar-refractivity contribution in [2.75, 3.05) is 16.8 Å². The SMILES string of the molecule is Cc1ccsc1/C=C/C(=O)Nc1cccc(N2CCCC2=O)c1. The number of hydrogen-bond donors (Lipinski definition) is 1. The topological polar surface area (TPSA) is 49.4 Å². The van der Waals surface area contributed by atoms with Gasteiger partial charge >= 0.3 is 0 Å². The van der Waals surface area contributed by atoms with Gasteiger partial charge < -0.3 is 10.2 Å². The molecule has 0 unspecified atom stereocenters. The summed E-state index contributed by atoms with van der Waals surface area (Å²) in [5.74, 6) is -0.0377. The molecule has 0 saturated carbocycles. The molecule has 2 heterocycles. The van der Waals surface area contributed by atoms with Gasteiger partial charge in [-0.25, -0.2) is 0 Å². The Hall–Kier alpha value is -2.40. The van der Waals surface area contributed by atoms with E-state index >= 15 is 0 Å². The molecule has 2 aromatic rings. The Labute approximate surface area is 139 Å². The first kappa shape index (κ1) is 15.5. The van der Waals surface area contributed by atoms with Gasteiger partial charge in [0, 0.05) is 35.3 Å². The van der Waals surface area contributed by atoms with Crippen LogP contribution in [0.3, 0.4) is 0 Å². The van der Waals surface area contributed by atoms with E-state index in [0.29, 0.717) is 12.1 Å². The van der Waals surface area contributed by atoms with Gasteiger partial charge in [-0.1, -0.05) is 6.07 Å². The first-order valence-electron chi connectivity index (χ1n) is 7.57. The fourth-order valence-corrected chi connectivity index (χ4v) is 3.38. The Morgan fingerprint density at radius 2 is 2.22 bits per heavy atom. The lowest BCUT2D eigenvalue weighted by atomic mass is 10.2. The molecule has 118 valence electrons. The predicted octanol–water partition coefficient (Wildman–Crippen LogP) is 3.84. The van der Waals surface area contributed by atoms with Crippen molar-refractivity contribution in [2.24, 2.45) is 0 Å². The van der Waals surface area contributed by atoms with E-state index in [1.807, 2.05) is 48.7 Å². The predicted molar refractivity (Wildman–Crippen MR) is 94.7 cm³/mol. The molecule has 0 bridgehead atoms. The number of hydrogen-bond acceptors (Lipinski definition) is 3. The number of anilines is 2. The van der Waals surface area contributed by atoms with Crippen molar-refractivity contribution in [1.29, 1.82) is 0 Å². The number of aryl methyl sites for hydroxylation is 1. The smallest absolute Gasteiger partial charge is 0.248 e. The van der Waals surface area contributed by atoms with Crippen LogP contribution in [0.15, 0.2) is 41.8 Å². The van der Waals surface area contributed by atoms with E-state index in [2.05, 4.69) is 5.32 Å². The molecule has 2 amide bonds. The molecule has 0 aliphatic carbocycles. The summed E-state index contributed by atoms with van der Waals surface area (Å²) in [6.45, 7) is 2.76. The first-order valence-corrected chi connectivity index (χ1v) is 8.45. The van der Waals surface area contributed by atoms with Crippen LogP contribution in [-0.2, 0) is 9.59 Å². The number of carbonyl (C=O) groups excluding carboxylic acids is 2. The van der Waals surface area contributed by atoms with Crippen molar-refractivity contribution in [3.63, 3.8) is 0 Å². The van der Waals surface area contributed by atoms with Crippen LogP contribution in [0.4, 0.5) is 11.4 Å². The van der Waals surface area contributed by atoms with E-state index in [-0.39, 0.29) is 11.8 Å². The molecular formula is C18H18N2O2S. The normalized spacial score (nSPS) is 14.7. The van der Waals surface area contributed by atoms with E-state index in [1.54, 1.807) is 16.2 Å². The largest absolute Gasteiger partial charge is 0.322 e. The lowest BCUT2D eigenvalue weighted by Gasteiger charge is -2.16. The van der Waals surface area contributed by atoms with Crippen LogP contribution in [0, 0.1) is 6.92 Å². The summed E-state index contributed by atoms with van der Waals surface area (Å²) in [6, 6.07) is 9.43. The van der Waals surface area contributed by atoms with Crippen molar-refractivity contribution in [3.05, 3.63) is 52.2 Å². The zero-order valence-corrected chi connectivity index (χ0v) is 13.7. The van der Waals surface area contributed by atoms with Gasteiger partial charge in [0.2, 0.25) is 11.8 Å². The van der Waals surface area contributed by atoms with Crippen molar-refractivity contribution in [2.45, 2.75) is 19.8 Å². The summed E-state index contributed by atoms with van der Waals surface area (Å²) in [5.41, 5.74) is 2.69. The van der Waals surface area contributed by atoms with Crippen LogP contribution in [0.2, 0.25) is 0 Å².